The topological polar surface area (TPSA) is 60.4 Å². The highest BCUT2D eigenvalue weighted by Crippen LogP contribution is 2.37. The molecule has 0 atom stereocenters. The number of carboxylic acids is 1. The summed E-state index contributed by atoms with van der Waals surface area (Å²) in [7, 11) is 0. The molecule has 3 heteroatoms. The molecule has 0 saturated heterocycles. The van der Waals surface area contributed by atoms with Crippen molar-refractivity contribution in [2.45, 2.75) is 65.2 Å². The lowest BCUT2D eigenvalue weighted by atomic mass is 9.78. The van der Waals surface area contributed by atoms with E-state index in [1.54, 1.807) is 6.07 Å². The lowest BCUT2D eigenvalue weighted by Gasteiger charge is -2.28. The molecule has 0 unspecified atom stereocenters. The van der Waals surface area contributed by atoms with Crippen LogP contribution in [-0.4, -0.2) is 11.1 Å². The standard InChI is InChI=1S/C17H26O3/c1-16(2,3)12-10-14(18)13(17(4,5)6)9-11(12)7-8-15(19)20/h9-10,18H,7-8H2,1-6H3,(H,19,20)/p-1. The first-order valence-corrected chi connectivity index (χ1v) is 6.99. The maximum absolute atomic E-state index is 10.7. The zero-order valence-corrected chi connectivity index (χ0v) is 13.3. The molecule has 20 heavy (non-hydrogen) atoms. The van der Waals surface area contributed by atoms with Crippen molar-refractivity contribution in [2.24, 2.45) is 0 Å². The summed E-state index contributed by atoms with van der Waals surface area (Å²) < 4.78 is 0. The van der Waals surface area contributed by atoms with Crippen molar-refractivity contribution in [3.05, 3.63) is 28.8 Å². The third-order valence-electron chi connectivity index (χ3n) is 3.44. The van der Waals surface area contributed by atoms with Crippen LogP contribution >= 0.6 is 0 Å². The van der Waals surface area contributed by atoms with Crippen molar-refractivity contribution in [1.82, 2.24) is 0 Å². The monoisotopic (exact) mass is 277 g/mol. The Morgan fingerprint density at radius 1 is 1.05 bits per heavy atom. The van der Waals surface area contributed by atoms with Crippen LogP contribution in [0.15, 0.2) is 12.1 Å². The number of aromatic hydroxyl groups is 1. The minimum absolute atomic E-state index is 0.00254. The second-order valence-electron chi connectivity index (χ2n) is 7.40. The van der Waals surface area contributed by atoms with Gasteiger partial charge in [-0.25, -0.2) is 0 Å². The molecule has 0 radical (unpaired) electrons. The van der Waals surface area contributed by atoms with Gasteiger partial charge in [0.2, 0.25) is 0 Å². The van der Waals surface area contributed by atoms with Crippen LogP contribution in [0.1, 0.15) is 64.7 Å². The number of rotatable bonds is 3. The molecule has 0 aliphatic heterocycles. The summed E-state index contributed by atoms with van der Waals surface area (Å²) in [6, 6.07) is 3.73. The summed E-state index contributed by atoms with van der Waals surface area (Å²) in [5.74, 6) is -0.769. The van der Waals surface area contributed by atoms with Gasteiger partial charge in [0.25, 0.3) is 0 Å². The first-order chi connectivity index (χ1) is 8.93. The predicted molar refractivity (Wildman–Crippen MR) is 78.8 cm³/mol. The van der Waals surface area contributed by atoms with Gasteiger partial charge in [-0.1, -0.05) is 47.6 Å². The molecule has 1 aromatic rings. The van der Waals surface area contributed by atoms with Gasteiger partial charge in [0.1, 0.15) is 5.75 Å². The number of carbonyl (C=O) groups is 1. The van der Waals surface area contributed by atoms with Crippen molar-refractivity contribution < 1.29 is 15.0 Å². The van der Waals surface area contributed by atoms with Crippen molar-refractivity contribution in [3.8, 4) is 5.75 Å². The van der Waals surface area contributed by atoms with Gasteiger partial charge in [-0.2, -0.15) is 0 Å². The Morgan fingerprint density at radius 2 is 1.55 bits per heavy atom. The Labute approximate surface area is 121 Å². The van der Waals surface area contributed by atoms with Crippen molar-refractivity contribution in [1.29, 1.82) is 0 Å². The number of hydrogen-bond acceptors (Lipinski definition) is 3. The average Bonchev–Trinajstić information content (AvgIpc) is 2.23. The van der Waals surface area contributed by atoms with Gasteiger partial charge in [-0.3, -0.25) is 0 Å². The van der Waals surface area contributed by atoms with E-state index in [0.717, 1.165) is 16.7 Å². The second-order valence-corrected chi connectivity index (χ2v) is 7.40. The quantitative estimate of drug-likeness (QED) is 0.924. The molecule has 112 valence electrons. The van der Waals surface area contributed by atoms with Crippen LogP contribution in [0.4, 0.5) is 0 Å². The number of aryl methyl sites for hydroxylation is 1. The maximum atomic E-state index is 10.7. The summed E-state index contributed by atoms with van der Waals surface area (Å²) in [5, 5.41) is 21.0. The molecule has 3 nitrogen and oxygen atoms in total. The van der Waals surface area contributed by atoms with Gasteiger partial charge in [0.15, 0.2) is 0 Å². The average molecular weight is 277 g/mol. The van der Waals surface area contributed by atoms with E-state index in [4.69, 9.17) is 0 Å². The minimum Gasteiger partial charge on any atom is -0.550 e. The van der Waals surface area contributed by atoms with Gasteiger partial charge < -0.3 is 15.0 Å². The Bertz CT molecular complexity index is 502. The number of carbonyl (C=O) groups excluding carboxylic acids is 1. The molecule has 1 rings (SSSR count). The third-order valence-corrected chi connectivity index (χ3v) is 3.44. The molecular weight excluding hydrogens is 252 g/mol. The first-order valence-electron chi connectivity index (χ1n) is 6.99. The normalized spacial score (nSPS) is 12.5. The fourth-order valence-corrected chi connectivity index (χ4v) is 2.38. The summed E-state index contributed by atoms with van der Waals surface area (Å²) in [5.41, 5.74) is 2.49. The van der Waals surface area contributed by atoms with E-state index in [-0.39, 0.29) is 23.0 Å². The molecule has 0 bridgehead atoms. The van der Waals surface area contributed by atoms with Crippen molar-refractivity contribution >= 4 is 5.97 Å². The summed E-state index contributed by atoms with van der Waals surface area (Å²) >= 11 is 0. The first kappa shape index (κ1) is 16.5. The predicted octanol–water partition coefficient (Wildman–Crippen LogP) is 2.67. The summed E-state index contributed by atoms with van der Waals surface area (Å²) in [6.07, 6.45) is 0.426. The van der Waals surface area contributed by atoms with Crippen LogP contribution < -0.4 is 5.11 Å². The highest BCUT2D eigenvalue weighted by Gasteiger charge is 2.24. The number of phenolic OH excluding ortho intramolecular Hbond substituents is 1. The van der Waals surface area contributed by atoms with Crippen LogP contribution in [0.25, 0.3) is 0 Å². The second kappa shape index (κ2) is 5.47. The highest BCUT2D eigenvalue weighted by molar-refractivity contribution is 5.65. The molecule has 0 amide bonds. The van der Waals surface area contributed by atoms with Crippen molar-refractivity contribution in [2.75, 3.05) is 0 Å². The van der Waals surface area contributed by atoms with E-state index in [0.29, 0.717) is 6.42 Å². The lowest BCUT2D eigenvalue weighted by Crippen LogP contribution is -2.24. The zero-order chi connectivity index (χ0) is 15.7. The van der Waals surface area contributed by atoms with Gasteiger partial charge >= 0.3 is 0 Å². The SMILES string of the molecule is CC(C)(C)c1cc(CCC(=O)[O-])c(C(C)(C)C)cc1O. The van der Waals surface area contributed by atoms with E-state index in [9.17, 15) is 15.0 Å². The van der Waals surface area contributed by atoms with Gasteiger partial charge in [0, 0.05) is 5.97 Å². The zero-order valence-electron chi connectivity index (χ0n) is 13.3. The van der Waals surface area contributed by atoms with Crippen LogP contribution in [0.2, 0.25) is 0 Å². The van der Waals surface area contributed by atoms with Crippen molar-refractivity contribution in [3.63, 3.8) is 0 Å². The van der Waals surface area contributed by atoms with Gasteiger partial charge in [0.05, 0.1) is 0 Å². The molecule has 1 N–H and O–H groups in total. The minimum atomic E-state index is -1.05. The maximum Gasteiger partial charge on any atom is 0.119 e. The number of aliphatic carboxylic acids is 1. The van der Waals surface area contributed by atoms with E-state index < -0.39 is 5.97 Å². The molecule has 0 spiro atoms. The molecule has 0 heterocycles. The summed E-state index contributed by atoms with van der Waals surface area (Å²) in [6.45, 7) is 12.3. The van der Waals surface area contributed by atoms with Gasteiger partial charge in [-0.15, -0.1) is 0 Å². The molecule has 0 aliphatic rings. The Morgan fingerprint density at radius 3 is 1.95 bits per heavy atom. The van der Waals surface area contributed by atoms with Crippen LogP contribution in [0.3, 0.4) is 0 Å². The van der Waals surface area contributed by atoms with E-state index in [1.807, 2.05) is 26.8 Å². The number of phenols is 1. The summed E-state index contributed by atoms with van der Waals surface area (Å²) in [4.78, 5) is 10.7. The fraction of sp³-hybridized carbons (Fsp3) is 0.588. The van der Waals surface area contributed by atoms with E-state index >= 15 is 0 Å². The number of hydrogen-bond donors (Lipinski definition) is 1. The van der Waals surface area contributed by atoms with Crippen LogP contribution in [-0.2, 0) is 22.0 Å². The third kappa shape index (κ3) is 3.99. The fourth-order valence-electron chi connectivity index (χ4n) is 2.38. The van der Waals surface area contributed by atoms with E-state index in [1.165, 1.54) is 0 Å². The van der Waals surface area contributed by atoms with Crippen LogP contribution in [0, 0.1) is 0 Å². The highest BCUT2D eigenvalue weighted by atomic mass is 16.4. The smallest absolute Gasteiger partial charge is 0.119 e. The van der Waals surface area contributed by atoms with E-state index in [2.05, 4.69) is 20.8 Å². The molecular formula is C17H25O3-. The molecule has 0 aromatic heterocycles. The Balaban J connectivity index is 3.38. The Kier molecular flexibility index (Phi) is 4.52. The van der Waals surface area contributed by atoms with Crippen LogP contribution in [0.5, 0.6) is 5.75 Å². The lowest BCUT2D eigenvalue weighted by molar-refractivity contribution is -0.305. The molecule has 0 saturated carbocycles. The number of benzene rings is 1. The molecule has 0 aliphatic carbocycles. The van der Waals surface area contributed by atoms with Gasteiger partial charge in [-0.05, 0) is 46.4 Å². The number of carboxylic acid groups (broad SMARTS) is 1. The largest absolute Gasteiger partial charge is 0.550 e. The molecule has 0 fully saturated rings. The Hall–Kier alpha value is -1.51. The molecule has 1 aromatic carbocycles.